The van der Waals surface area contributed by atoms with E-state index in [-0.39, 0.29) is 12.8 Å². The smallest absolute Gasteiger partial charge is 0.330 e. The molecule has 0 bridgehead atoms. The van der Waals surface area contributed by atoms with Crippen LogP contribution in [0.2, 0.25) is 0 Å². The summed E-state index contributed by atoms with van der Waals surface area (Å²) in [5.74, 6) is -1.20. The number of ether oxygens (including phenoxy) is 1. The second-order valence-electron chi connectivity index (χ2n) is 6.53. The predicted octanol–water partition coefficient (Wildman–Crippen LogP) is 3.44. The minimum atomic E-state index is -0.892. The lowest BCUT2D eigenvalue weighted by molar-refractivity contribution is -0.160. The molecule has 0 saturated heterocycles. The van der Waals surface area contributed by atoms with Gasteiger partial charge in [-0.15, -0.1) is 0 Å². The van der Waals surface area contributed by atoms with Gasteiger partial charge >= 0.3 is 11.9 Å². The Morgan fingerprint density at radius 3 is 2.48 bits per heavy atom. The van der Waals surface area contributed by atoms with Crippen molar-refractivity contribution in [1.82, 2.24) is 9.97 Å². The Hall–Kier alpha value is -2.60. The van der Waals surface area contributed by atoms with Gasteiger partial charge in [0.2, 0.25) is 0 Å². The van der Waals surface area contributed by atoms with E-state index in [2.05, 4.69) is 16.9 Å². The van der Waals surface area contributed by atoms with E-state index in [1.807, 2.05) is 30.3 Å². The van der Waals surface area contributed by atoms with Gasteiger partial charge in [-0.3, -0.25) is 14.8 Å². The van der Waals surface area contributed by atoms with Crippen LogP contribution in [0.5, 0.6) is 0 Å². The summed E-state index contributed by atoms with van der Waals surface area (Å²) in [5.41, 5.74) is 8.19. The summed E-state index contributed by atoms with van der Waals surface area (Å²) in [6.45, 7) is 2.13. The number of aromatic nitrogens is 2. The Balaban J connectivity index is 1.77. The largest absolute Gasteiger partial charge is 0.392 e. The monoisotopic (exact) mass is 369 g/mol. The zero-order valence-corrected chi connectivity index (χ0v) is 15.8. The van der Waals surface area contributed by atoms with Gasteiger partial charge in [0, 0.05) is 18.8 Å². The van der Waals surface area contributed by atoms with Crippen molar-refractivity contribution in [3.8, 4) is 11.4 Å². The third kappa shape index (κ3) is 7.27. The summed E-state index contributed by atoms with van der Waals surface area (Å²) in [4.78, 5) is 32.3. The summed E-state index contributed by atoms with van der Waals surface area (Å²) < 4.78 is 4.85. The van der Waals surface area contributed by atoms with Gasteiger partial charge in [-0.1, -0.05) is 44.7 Å². The molecule has 27 heavy (non-hydrogen) atoms. The molecule has 2 rings (SSSR count). The molecule has 0 fully saturated rings. The van der Waals surface area contributed by atoms with Crippen LogP contribution in [0.4, 0.5) is 0 Å². The van der Waals surface area contributed by atoms with E-state index in [0.717, 1.165) is 49.1 Å². The highest BCUT2D eigenvalue weighted by atomic mass is 16.6. The Labute approximate surface area is 160 Å². The summed E-state index contributed by atoms with van der Waals surface area (Å²) in [6.07, 6.45) is 8.99. The summed E-state index contributed by atoms with van der Waals surface area (Å²) >= 11 is 0. The van der Waals surface area contributed by atoms with Gasteiger partial charge in [0.15, 0.2) is 0 Å². The summed E-state index contributed by atoms with van der Waals surface area (Å²) in [7, 11) is 0. The molecular formula is C21H27N3O3. The molecule has 6 nitrogen and oxygen atoms in total. The number of hydrogen-bond donors (Lipinski definition) is 1. The second-order valence-corrected chi connectivity index (χ2v) is 6.53. The molecule has 2 aromatic heterocycles. The first-order valence-electron chi connectivity index (χ1n) is 9.46. The van der Waals surface area contributed by atoms with Crippen molar-refractivity contribution in [2.24, 2.45) is 5.73 Å². The number of hydrogen-bond acceptors (Lipinski definition) is 6. The van der Waals surface area contributed by atoms with Gasteiger partial charge in [-0.2, -0.15) is 0 Å². The molecule has 0 aliphatic carbocycles. The third-order valence-electron chi connectivity index (χ3n) is 4.21. The molecule has 0 aliphatic rings. The molecule has 2 heterocycles. The lowest BCUT2D eigenvalue weighted by Gasteiger charge is -2.10. The Bertz CT molecular complexity index is 717. The van der Waals surface area contributed by atoms with Crippen LogP contribution in [0.1, 0.15) is 51.0 Å². The molecule has 2 N–H and O–H groups in total. The average Bonchev–Trinajstić information content (AvgIpc) is 2.69. The van der Waals surface area contributed by atoms with Gasteiger partial charge in [-0.25, -0.2) is 4.79 Å². The third-order valence-corrected chi connectivity index (χ3v) is 4.21. The molecule has 0 amide bonds. The van der Waals surface area contributed by atoms with E-state index in [0.29, 0.717) is 0 Å². The van der Waals surface area contributed by atoms with Crippen molar-refractivity contribution in [1.29, 1.82) is 0 Å². The Morgan fingerprint density at radius 2 is 1.81 bits per heavy atom. The van der Waals surface area contributed by atoms with Crippen molar-refractivity contribution >= 4 is 11.9 Å². The number of carbonyl (C=O) groups excluding carboxylic acids is 2. The molecule has 0 aliphatic heterocycles. The molecule has 1 atom stereocenters. The number of esters is 2. The first-order valence-corrected chi connectivity index (χ1v) is 9.46. The van der Waals surface area contributed by atoms with Gasteiger partial charge in [0.25, 0.3) is 0 Å². The molecule has 0 aromatic carbocycles. The van der Waals surface area contributed by atoms with Crippen LogP contribution >= 0.6 is 0 Å². The van der Waals surface area contributed by atoms with Crippen LogP contribution in [-0.2, 0) is 20.7 Å². The van der Waals surface area contributed by atoms with Crippen molar-refractivity contribution in [2.75, 3.05) is 0 Å². The molecule has 2 aromatic rings. The fraction of sp³-hybridized carbons (Fsp3) is 0.429. The van der Waals surface area contributed by atoms with Gasteiger partial charge in [-0.05, 0) is 36.6 Å². The Morgan fingerprint density at radius 1 is 1.04 bits per heavy atom. The molecule has 6 heteroatoms. The fourth-order valence-corrected chi connectivity index (χ4v) is 2.66. The maximum Gasteiger partial charge on any atom is 0.330 e. The average molecular weight is 369 g/mol. The van der Waals surface area contributed by atoms with Gasteiger partial charge < -0.3 is 10.5 Å². The molecule has 0 spiro atoms. The number of nitrogens with zero attached hydrogens (tertiary/aromatic N) is 2. The zero-order chi connectivity index (χ0) is 19.5. The highest BCUT2D eigenvalue weighted by molar-refractivity contribution is 5.88. The molecular weight excluding hydrogens is 342 g/mol. The second kappa shape index (κ2) is 11.2. The zero-order valence-electron chi connectivity index (χ0n) is 15.8. The van der Waals surface area contributed by atoms with Gasteiger partial charge in [0.05, 0.1) is 11.4 Å². The van der Waals surface area contributed by atoms with Crippen LogP contribution in [-0.4, -0.2) is 27.9 Å². The van der Waals surface area contributed by atoms with Crippen LogP contribution in [0.3, 0.4) is 0 Å². The maximum atomic E-state index is 12.0. The Kier molecular flexibility index (Phi) is 8.58. The first kappa shape index (κ1) is 20.7. The van der Waals surface area contributed by atoms with E-state index < -0.39 is 18.0 Å². The number of rotatable bonds is 10. The lowest BCUT2D eigenvalue weighted by atomic mass is 10.1. The van der Waals surface area contributed by atoms with E-state index in [4.69, 9.17) is 10.5 Å². The van der Waals surface area contributed by atoms with E-state index in [1.165, 1.54) is 0 Å². The van der Waals surface area contributed by atoms with Crippen LogP contribution in [0, 0.1) is 0 Å². The number of carbonyl (C=O) groups is 2. The van der Waals surface area contributed by atoms with E-state index in [1.54, 1.807) is 12.4 Å². The maximum absolute atomic E-state index is 12.0. The predicted molar refractivity (Wildman–Crippen MR) is 104 cm³/mol. The SMILES string of the molecule is CCCCCCCC(=O)OC(=O)[C@H](N)Cc1ccc(-c2ccccn2)nc1. The highest BCUT2D eigenvalue weighted by Gasteiger charge is 2.19. The van der Waals surface area contributed by atoms with Crippen molar-refractivity contribution in [2.45, 2.75) is 57.9 Å². The number of nitrogens with two attached hydrogens (primary N) is 1. The number of unbranched alkanes of at least 4 members (excludes halogenated alkanes) is 4. The molecule has 0 unspecified atom stereocenters. The molecule has 0 saturated carbocycles. The fourth-order valence-electron chi connectivity index (χ4n) is 2.66. The lowest BCUT2D eigenvalue weighted by Crippen LogP contribution is -2.35. The quantitative estimate of drug-likeness (QED) is 0.391. The molecule has 0 radical (unpaired) electrons. The van der Waals surface area contributed by atoms with Crippen LogP contribution < -0.4 is 5.73 Å². The topological polar surface area (TPSA) is 95.2 Å². The first-order chi connectivity index (χ1) is 13.1. The highest BCUT2D eigenvalue weighted by Crippen LogP contribution is 2.14. The molecule has 144 valence electrons. The normalized spacial score (nSPS) is 11.8. The minimum absolute atomic E-state index is 0.252. The minimum Gasteiger partial charge on any atom is -0.392 e. The standard InChI is InChI=1S/C21H27N3O3/c1-2-3-4-5-6-10-20(25)27-21(26)17(22)14-16-11-12-19(24-15-16)18-9-7-8-13-23-18/h7-9,11-13,15,17H,2-6,10,14,22H2,1H3/t17-/m1/s1. The van der Waals surface area contributed by atoms with Crippen LogP contribution in [0.15, 0.2) is 42.7 Å². The van der Waals surface area contributed by atoms with Crippen molar-refractivity contribution < 1.29 is 14.3 Å². The number of pyridine rings is 2. The summed E-state index contributed by atoms with van der Waals surface area (Å²) in [5, 5.41) is 0. The van der Waals surface area contributed by atoms with Crippen LogP contribution in [0.25, 0.3) is 11.4 Å². The van der Waals surface area contributed by atoms with Crippen molar-refractivity contribution in [3.63, 3.8) is 0 Å². The van der Waals surface area contributed by atoms with Crippen molar-refractivity contribution in [3.05, 3.63) is 48.3 Å². The van der Waals surface area contributed by atoms with E-state index in [9.17, 15) is 9.59 Å². The van der Waals surface area contributed by atoms with E-state index >= 15 is 0 Å². The summed E-state index contributed by atoms with van der Waals surface area (Å²) in [6, 6.07) is 8.40. The van der Waals surface area contributed by atoms with Gasteiger partial charge in [0.1, 0.15) is 6.04 Å².